The van der Waals surface area contributed by atoms with Gasteiger partial charge in [0, 0.05) is 29.2 Å². The highest BCUT2D eigenvalue weighted by atomic mass is 32.1. The van der Waals surface area contributed by atoms with Crippen LogP contribution in [0.1, 0.15) is 70.4 Å². The smallest absolute Gasteiger partial charge is 0.302 e. The van der Waals surface area contributed by atoms with E-state index in [1.165, 1.54) is 39.0 Å². The van der Waals surface area contributed by atoms with Crippen molar-refractivity contribution in [3.05, 3.63) is 47.5 Å². The van der Waals surface area contributed by atoms with Crippen molar-refractivity contribution < 1.29 is 14.3 Å². The Kier molecular flexibility index (Phi) is 5.75. The minimum atomic E-state index is -0.260. The van der Waals surface area contributed by atoms with Crippen molar-refractivity contribution in [1.29, 1.82) is 0 Å². The number of esters is 1. The number of fused-ring (bicyclic) bond motifs is 5. The quantitative estimate of drug-likeness (QED) is 0.368. The van der Waals surface area contributed by atoms with Crippen molar-refractivity contribution in [3.63, 3.8) is 0 Å². The molecule has 176 valence electrons. The van der Waals surface area contributed by atoms with Crippen LogP contribution in [0.25, 0.3) is 0 Å². The summed E-state index contributed by atoms with van der Waals surface area (Å²) in [5.74, 6) is 2.30. The van der Waals surface area contributed by atoms with E-state index in [0.717, 1.165) is 22.4 Å². The first-order valence-electron chi connectivity index (χ1n) is 12.5. The topological polar surface area (TPSA) is 55.4 Å². The van der Waals surface area contributed by atoms with Crippen LogP contribution in [0.3, 0.4) is 0 Å². The van der Waals surface area contributed by atoms with Crippen molar-refractivity contribution in [3.8, 4) is 0 Å². The zero-order chi connectivity index (χ0) is 23.4. The molecule has 0 saturated heterocycles. The second-order valence-corrected chi connectivity index (χ2v) is 11.7. The molecule has 0 radical (unpaired) electrons. The molecule has 4 aliphatic rings. The van der Waals surface area contributed by atoms with Crippen LogP contribution in [0.4, 0.5) is 0 Å². The lowest BCUT2D eigenvalue weighted by molar-refractivity contribution is -0.142. The van der Waals surface area contributed by atoms with Gasteiger partial charge in [-0.1, -0.05) is 56.4 Å². The lowest BCUT2D eigenvalue weighted by Gasteiger charge is -2.59. The van der Waals surface area contributed by atoms with E-state index in [1.54, 1.807) is 6.08 Å². The molecule has 1 aliphatic heterocycles. The predicted octanol–water partition coefficient (Wildman–Crippen LogP) is 5.38. The maximum absolute atomic E-state index is 12.0. The molecule has 1 amide bonds. The Bertz CT molecular complexity index is 1000. The molecule has 7 atom stereocenters. The predicted molar refractivity (Wildman–Crippen MR) is 133 cm³/mol. The van der Waals surface area contributed by atoms with Gasteiger partial charge >= 0.3 is 5.97 Å². The van der Waals surface area contributed by atoms with Crippen LogP contribution >= 0.6 is 12.2 Å². The molecule has 3 aliphatic carbocycles. The van der Waals surface area contributed by atoms with Crippen molar-refractivity contribution in [2.45, 2.75) is 71.9 Å². The summed E-state index contributed by atoms with van der Waals surface area (Å²) in [4.78, 5) is 24.1. The Balaban J connectivity index is 1.34. The molecule has 3 saturated carbocycles. The molecule has 0 aromatic heterocycles. The standard InChI is InChI=1S/C28H35NO3S/c1-17(30)32-16-18-4-6-19(7-5-18)26(33)23-10-9-21-20-8-11-24-28(3,15-13-25(31)29-24)22(20)12-14-27(21,23)2/h4-7,13,15,20-24H,8-12,14,16H2,1-3H3,(H,29,31)/t20-,21-,22+,23?,24?,27-,28+/m0/s1. The molecule has 1 N–H and O–H groups in total. The Morgan fingerprint density at radius 2 is 1.85 bits per heavy atom. The number of carbonyl (C=O) groups excluding carboxylic acids is 2. The maximum atomic E-state index is 12.0. The SMILES string of the molecule is CC(=O)OCc1ccc(C(=S)C2CC[C@H]3[C@@H]4CCC5NC(=O)C=C[C@]5(C)[C@@H]4CC[C@]23C)cc1. The molecular formula is C28H35NO3S. The number of amides is 1. The molecule has 4 nitrogen and oxygen atoms in total. The maximum Gasteiger partial charge on any atom is 0.302 e. The number of benzene rings is 1. The Labute approximate surface area is 202 Å². The fourth-order valence-electron chi connectivity index (χ4n) is 7.92. The van der Waals surface area contributed by atoms with Crippen LogP contribution in [-0.4, -0.2) is 22.8 Å². The van der Waals surface area contributed by atoms with Crippen molar-refractivity contribution >= 4 is 29.0 Å². The monoisotopic (exact) mass is 465 g/mol. The molecule has 0 bridgehead atoms. The van der Waals surface area contributed by atoms with E-state index < -0.39 is 0 Å². The van der Waals surface area contributed by atoms with Crippen molar-refractivity contribution in [2.75, 3.05) is 0 Å². The van der Waals surface area contributed by atoms with Gasteiger partial charge in [-0.25, -0.2) is 0 Å². The summed E-state index contributed by atoms with van der Waals surface area (Å²) in [6, 6.07) is 8.55. The van der Waals surface area contributed by atoms with Gasteiger partial charge in [0.1, 0.15) is 6.61 Å². The number of rotatable bonds is 4. The largest absolute Gasteiger partial charge is 0.461 e. The second-order valence-electron chi connectivity index (χ2n) is 11.2. The molecule has 1 aromatic rings. The van der Waals surface area contributed by atoms with E-state index in [1.807, 2.05) is 12.1 Å². The molecule has 2 unspecified atom stereocenters. The summed E-state index contributed by atoms with van der Waals surface area (Å²) < 4.78 is 5.12. The third-order valence-electron chi connectivity index (χ3n) is 9.68. The molecule has 5 heteroatoms. The van der Waals surface area contributed by atoms with Crippen LogP contribution in [0.15, 0.2) is 36.4 Å². The van der Waals surface area contributed by atoms with Gasteiger partial charge in [0.05, 0.1) is 0 Å². The lowest BCUT2D eigenvalue weighted by Crippen LogP contribution is -2.59. The first-order valence-corrected chi connectivity index (χ1v) is 12.9. The summed E-state index contributed by atoms with van der Waals surface area (Å²) in [5.41, 5.74) is 2.46. The molecular weight excluding hydrogens is 430 g/mol. The summed E-state index contributed by atoms with van der Waals surface area (Å²) >= 11 is 6.10. The second kappa shape index (κ2) is 8.33. The number of hydrogen-bond donors (Lipinski definition) is 1. The van der Waals surface area contributed by atoms with E-state index in [9.17, 15) is 9.59 Å². The van der Waals surface area contributed by atoms with Gasteiger partial charge in [0.15, 0.2) is 0 Å². The molecule has 5 rings (SSSR count). The first kappa shape index (κ1) is 22.8. The summed E-state index contributed by atoms with van der Waals surface area (Å²) in [6.45, 7) is 6.62. The van der Waals surface area contributed by atoms with Gasteiger partial charge in [-0.2, -0.15) is 0 Å². The summed E-state index contributed by atoms with van der Waals surface area (Å²) in [6.07, 6.45) is 11.1. The molecule has 1 heterocycles. The van der Waals surface area contributed by atoms with Gasteiger partial charge in [-0.15, -0.1) is 0 Å². The molecule has 3 fully saturated rings. The van der Waals surface area contributed by atoms with Gasteiger partial charge in [0.25, 0.3) is 0 Å². The van der Waals surface area contributed by atoms with E-state index in [-0.39, 0.29) is 28.7 Å². The zero-order valence-corrected chi connectivity index (χ0v) is 20.8. The van der Waals surface area contributed by atoms with E-state index >= 15 is 0 Å². The number of carbonyl (C=O) groups is 2. The van der Waals surface area contributed by atoms with Crippen molar-refractivity contribution in [2.24, 2.45) is 34.5 Å². The Morgan fingerprint density at radius 3 is 2.58 bits per heavy atom. The highest BCUT2D eigenvalue weighted by molar-refractivity contribution is 7.80. The molecule has 0 spiro atoms. The van der Waals surface area contributed by atoms with E-state index in [2.05, 4.69) is 37.4 Å². The first-order chi connectivity index (χ1) is 15.7. The fraction of sp³-hybridized carbons (Fsp3) is 0.607. The van der Waals surface area contributed by atoms with Gasteiger partial charge < -0.3 is 10.1 Å². The van der Waals surface area contributed by atoms with Gasteiger partial charge in [-0.05, 0) is 78.9 Å². The normalized spacial score (nSPS) is 39.1. The van der Waals surface area contributed by atoms with Gasteiger partial charge in [0.2, 0.25) is 5.91 Å². The molecule has 1 aromatic carbocycles. The summed E-state index contributed by atoms with van der Waals surface area (Å²) in [7, 11) is 0. The van der Waals surface area contributed by atoms with Gasteiger partial charge in [-0.3, -0.25) is 9.59 Å². The third kappa shape index (κ3) is 3.77. The highest BCUT2D eigenvalue weighted by Crippen LogP contribution is 2.65. The van der Waals surface area contributed by atoms with Crippen LogP contribution < -0.4 is 5.32 Å². The Morgan fingerprint density at radius 1 is 1.09 bits per heavy atom. The summed E-state index contributed by atoms with van der Waals surface area (Å²) in [5, 5.41) is 3.26. The fourth-order valence-corrected chi connectivity index (χ4v) is 8.44. The number of nitrogens with one attached hydrogen (secondary N) is 1. The lowest BCUT2D eigenvalue weighted by atomic mass is 9.47. The average molecular weight is 466 g/mol. The molecule has 33 heavy (non-hydrogen) atoms. The minimum absolute atomic E-state index is 0.0710. The Hall–Kier alpha value is -2.01. The van der Waals surface area contributed by atoms with Crippen LogP contribution in [0.5, 0.6) is 0 Å². The number of thiocarbonyl (C=S) groups is 1. The number of hydrogen-bond acceptors (Lipinski definition) is 4. The average Bonchev–Trinajstić information content (AvgIpc) is 3.15. The third-order valence-corrected chi connectivity index (χ3v) is 10.2. The number of ether oxygens (including phenoxy) is 1. The van der Waals surface area contributed by atoms with Crippen LogP contribution in [0.2, 0.25) is 0 Å². The van der Waals surface area contributed by atoms with E-state index in [4.69, 9.17) is 17.0 Å². The van der Waals surface area contributed by atoms with Crippen LogP contribution in [0, 0.1) is 34.5 Å². The van der Waals surface area contributed by atoms with E-state index in [0.29, 0.717) is 30.3 Å². The minimum Gasteiger partial charge on any atom is -0.461 e. The zero-order valence-electron chi connectivity index (χ0n) is 19.9. The highest BCUT2D eigenvalue weighted by Gasteiger charge is 2.60. The van der Waals surface area contributed by atoms with Crippen molar-refractivity contribution in [1.82, 2.24) is 5.32 Å². The van der Waals surface area contributed by atoms with Crippen LogP contribution in [-0.2, 0) is 20.9 Å².